The fourth-order valence-electron chi connectivity index (χ4n) is 1.81. The summed E-state index contributed by atoms with van der Waals surface area (Å²) >= 11 is 4.71. The Labute approximate surface area is 143 Å². The smallest absolute Gasteiger partial charge is 0.308 e. The number of benzene rings is 2. The van der Waals surface area contributed by atoms with Crippen LogP contribution in [0.15, 0.2) is 53.0 Å². The predicted octanol–water partition coefficient (Wildman–Crippen LogP) is 4.75. The van der Waals surface area contributed by atoms with E-state index in [-0.39, 0.29) is 5.82 Å². The van der Waals surface area contributed by atoms with Gasteiger partial charge in [0.25, 0.3) is 0 Å². The maximum absolute atomic E-state index is 12.8. The zero-order chi connectivity index (χ0) is 16.2. The highest BCUT2D eigenvalue weighted by Gasteiger charge is 2.11. The topological polar surface area (TPSA) is 66.9 Å². The van der Waals surface area contributed by atoms with Crippen LogP contribution in [0.3, 0.4) is 0 Å². The van der Waals surface area contributed by atoms with E-state index in [4.69, 9.17) is 0 Å². The van der Waals surface area contributed by atoms with Gasteiger partial charge in [0.15, 0.2) is 5.01 Å². The summed E-state index contributed by atoms with van der Waals surface area (Å²) in [6.07, 6.45) is 0. The fraction of sp³-hybridized carbons (Fsp3) is 0. The van der Waals surface area contributed by atoms with Gasteiger partial charge in [-0.1, -0.05) is 45.5 Å². The molecule has 3 rings (SSSR count). The quantitative estimate of drug-likeness (QED) is 0.675. The van der Waals surface area contributed by atoms with Crippen molar-refractivity contribution in [3.05, 3.63) is 58.8 Å². The van der Waals surface area contributed by atoms with E-state index in [1.807, 2.05) is 24.3 Å². The van der Waals surface area contributed by atoms with Gasteiger partial charge in [0, 0.05) is 15.7 Å². The number of amides is 2. The van der Waals surface area contributed by atoms with Crippen LogP contribution in [0.4, 0.5) is 20.0 Å². The average molecular weight is 393 g/mol. The number of halogens is 2. The van der Waals surface area contributed by atoms with Crippen molar-refractivity contribution in [2.45, 2.75) is 0 Å². The molecule has 0 aliphatic carbocycles. The lowest BCUT2D eigenvalue weighted by molar-refractivity contribution is 0.262. The fourth-order valence-corrected chi connectivity index (χ4v) is 3.19. The molecule has 5 nitrogen and oxygen atoms in total. The minimum Gasteiger partial charge on any atom is -0.308 e. The van der Waals surface area contributed by atoms with Crippen LogP contribution < -0.4 is 10.6 Å². The summed E-state index contributed by atoms with van der Waals surface area (Å²) in [5.41, 5.74) is 1.39. The zero-order valence-electron chi connectivity index (χ0n) is 11.6. The van der Waals surface area contributed by atoms with Gasteiger partial charge in [-0.3, -0.25) is 5.32 Å². The number of aromatic nitrogens is 2. The number of carbonyl (C=O) groups is 1. The first-order valence-corrected chi connectivity index (χ1v) is 8.15. The zero-order valence-corrected chi connectivity index (χ0v) is 14.0. The molecule has 0 aliphatic rings. The Balaban J connectivity index is 1.68. The summed E-state index contributed by atoms with van der Waals surface area (Å²) in [6, 6.07) is 12.6. The molecule has 1 heterocycles. The number of urea groups is 1. The average Bonchev–Trinajstić information content (AvgIpc) is 2.98. The van der Waals surface area contributed by atoms with E-state index < -0.39 is 6.03 Å². The van der Waals surface area contributed by atoms with E-state index in [1.165, 1.54) is 35.6 Å². The summed E-state index contributed by atoms with van der Waals surface area (Å²) in [5, 5.41) is 14.3. The standard InChI is InChI=1S/C15H10BrFN4OS/c16-12-4-2-1-3-11(12)13-20-21-15(23-13)19-14(22)18-10-7-5-9(17)6-8-10/h1-8H,(H2,18,19,21,22). The number of carbonyl (C=O) groups excluding carboxylic acids is 1. The molecule has 0 bridgehead atoms. The monoisotopic (exact) mass is 392 g/mol. The summed E-state index contributed by atoms with van der Waals surface area (Å²) < 4.78 is 13.7. The van der Waals surface area contributed by atoms with Crippen molar-refractivity contribution in [2.75, 3.05) is 10.6 Å². The molecule has 1 aromatic heterocycles. The molecule has 0 aliphatic heterocycles. The third-order valence-electron chi connectivity index (χ3n) is 2.85. The van der Waals surface area contributed by atoms with Crippen molar-refractivity contribution in [1.82, 2.24) is 10.2 Å². The van der Waals surface area contributed by atoms with Crippen molar-refractivity contribution in [1.29, 1.82) is 0 Å². The van der Waals surface area contributed by atoms with Crippen LogP contribution in [-0.2, 0) is 0 Å². The van der Waals surface area contributed by atoms with Crippen LogP contribution in [0.5, 0.6) is 0 Å². The minimum absolute atomic E-state index is 0.363. The molecular formula is C15H10BrFN4OS. The Morgan fingerprint density at radius 2 is 1.78 bits per heavy atom. The molecule has 3 aromatic rings. The van der Waals surface area contributed by atoms with Gasteiger partial charge in [0.2, 0.25) is 5.13 Å². The molecule has 0 radical (unpaired) electrons. The Bertz CT molecular complexity index is 838. The molecule has 8 heteroatoms. The molecule has 0 unspecified atom stereocenters. The molecule has 116 valence electrons. The van der Waals surface area contributed by atoms with Gasteiger partial charge in [-0.2, -0.15) is 0 Å². The SMILES string of the molecule is O=C(Nc1ccc(F)cc1)Nc1nnc(-c2ccccc2Br)s1. The van der Waals surface area contributed by atoms with E-state index in [1.54, 1.807) is 0 Å². The third kappa shape index (κ3) is 3.91. The van der Waals surface area contributed by atoms with Gasteiger partial charge >= 0.3 is 6.03 Å². The maximum atomic E-state index is 12.8. The van der Waals surface area contributed by atoms with Gasteiger partial charge < -0.3 is 5.32 Å². The second-order valence-electron chi connectivity index (χ2n) is 4.48. The van der Waals surface area contributed by atoms with E-state index >= 15 is 0 Å². The number of nitrogens with zero attached hydrogens (tertiary/aromatic N) is 2. The number of hydrogen-bond acceptors (Lipinski definition) is 4. The Morgan fingerprint density at radius 3 is 2.52 bits per heavy atom. The molecule has 23 heavy (non-hydrogen) atoms. The Hall–Kier alpha value is -2.32. The van der Waals surface area contributed by atoms with Gasteiger partial charge in [0.05, 0.1) is 0 Å². The van der Waals surface area contributed by atoms with Crippen LogP contribution >= 0.6 is 27.3 Å². The highest BCUT2D eigenvalue weighted by Crippen LogP contribution is 2.31. The van der Waals surface area contributed by atoms with Crippen molar-refractivity contribution >= 4 is 44.1 Å². The van der Waals surface area contributed by atoms with E-state index in [9.17, 15) is 9.18 Å². The van der Waals surface area contributed by atoms with Crippen molar-refractivity contribution in [3.63, 3.8) is 0 Å². The first-order valence-electron chi connectivity index (χ1n) is 6.54. The van der Waals surface area contributed by atoms with Crippen molar-refractivity contribution < 1.29 is 9.18 Å². The van der Waals surface area contributed by atoms with E-state index in [2.05, 4.69) is 36.8 Å². The number of hydrogen-bond donors (Lipinski definition) is 2. The number of anilines is 2. The Kier molecular flexibility index (Phi) is 4.63. The molecule has 0 saturated carbocycles. The maximum Gasteiger partial charge on any atom is 0.325 e. The van der Waals surface area contributed by atoms with Crippen LogP contribution in [0.2, 0.25) is 0 Å². The van der Waals surface area contributed by atoms with E-state index in [0.29, 0.717) is 15.8 Å². The van der Waals surface area contributed by atoms with Gasteiger partial charge in [-0.15, -0.1) is 10.2 Å². The number of rotatable bonds is 3. The third-order valence-corrected chi connectivity index (χ3v) is 4.42. The molecular weight excluding hydrogens is 383 g/mol. The largest absolute Gasteiger partial charge is 0.325 e. The van der Waals surface area contributed by atoms with Gasteiger partial charge in [0.1, 0.15) is 5.82 Å². The lowest BCUT2D eigenvalue weighted by Gasteiger charge is -2.04. The molecule has 2 amide bonds. The summed E-state index contributed by atoms with van der Waals surface area (Å²) in [7, 11) is 0. The van der Waals surface area contributed by atoms with Crippen LogP contribution in [0.1, 0.15) is 0 Å². The number of nitrogens with one attached hydrogen (secondary N) is 2. The first-order chi connectivity index (χ1) is 11.1. The van der Waals surface area contributed by atoms with Crippen LogP contribution in [0, 0.1) is 5.82 Å². The molecule has 0 spiro atoms. The molecule has 2 N–H and O–H groups in total. The summed E-state index contributed by atoms with van der Waals surface area (Å²) in [5.74, 6) is -0.363. The lowest BCUT2D eigenvalue weighted by Crippen LogP contribution is -2.19. The van der Waals surface area contributed by atoms with Crippen LogP contribution in [0.25, 0.3) is 10.6 Å². The molecule has 0 atom stereocenters. The molecule has 2 aromatic carbocycles. The second kappa shape index (κ2) is 6.84. The van der Waals surface area contributed by atoms with Crippen molar-refractivity contribution in [2.24, 2.45) is 0 Å². The van der Waals surface area contributed by atoms with E-state index in [0.717, 1.165) is 10.0 Å². The summed E-state index contributed by atoms with van der Waals surface area (Å²) in [4.78, 5) is 11.9. The first kappa shape index (κ1) is 15.6. The summed E-state index contributed by atoms with van der Waals surface area (Å²) in [6.45, 7) is 0. The van der Waals surface area contributed by atoms with Gasteiger partial charge in [-0.25, -0.2) is 9.18 Å². The lowest BCUT2D eigenvalue weighted by atomic mass is 10.2. The highest BCUT2D eigenvalue weighted by atomic mass is 79.9. The second-order valence-corrected chi connectivity index (χ2v) is 6.31. The normalized spacial score (nSPS) is 10.3. The van der Waals surface area contributed by atoms with Gasteiger partial charge in [-0.05, 0) is 30.3 Å². The predicted molar refractivity (Wildman–Crippen MR) is 92.1 cm³/mol. The van der Waals surface area contributed by atoms with Crippen LogP contribution in [-0.4, -0.2) is 16.2 Å². The molecule has 0 fully saturated rings. The highest BCUT2D eigenvalue weighted by molar-refractivity contribution is 9.10. The molecule has 0 saturated heterocycles. The van der Waals surface area contributed by atoms with Crippen molar-refractivity contribution in [3.8, 4) is 10.6 Å². The minimum atomic E-state index is -0.466. The Morgan fingerprint density at radius 1 is 1.04 bits per heavy atom.